The van der Waals surface area contributed by atoms with Crippen LogP contribution in [0, 0.1) is 6.92 Å². The minimum Gasteiger partial charge on any atom is -0.489 e. The molecule has 4 aromatic carbocycles. The number of amides is 2. The van der Waals surface area contributed by atoms with Crippen LogP contribution in [-0.4, -0.2) is 83.3 Å². The van der Waals surface area contributed by atoms with Crippen molar-refractivity contribution < 1.29 is 51.2 Å². The van der Waals surface area contributed by atoms with Gasteiger partial charge >= 0.3 is 17.8 Å². The number of fused-ring (bicyclic) bond motifs is 1. The highest BCUT2D eigenvalue weighted by Crippen LogP contribution is 2.35. The standard InChI is InChI=1S/C25H25F3N2O6.C15H22ClNO2.C11H11Cl2NO2/c1-5-16-6-7-17(20(12-16)36-15(2)23(32)34-4)14-35-19-10-8-18(9-11-19)30-22(31)13-21(25(26,27)28)29(3)24(30)33;1-5-13-8-6-7-11(2)15(13)17(14(18)9-16)12(3)10-19-4;1-7-6-16-9-5-3-2-4-8(9)14(7)11(15)10(12)13/h6-13,15H,5,14H2,1-4H3;6-8,12H,5,9-10H2,1-4H3;2-5,7,10H,6H2,1H3. The maximum absolute atomic E-state index is 13.1. The summed E-state index contributed by atoms with van der Waals surface area (Å²) in [6.45, 7) is 12.5. The molecule has 1 aromatic heterocycles. The number of rotatable bonds is 15. The van der Waals surface area contributed by atoms with Gasteiger partial charge in [-0.05, 0) is 99.7 Å². The quantitative estimate of drug-likeness (QED) is 0.0734. The number of para-hydroxylation sites is 3. The summed E-state index contributed by atoms with van der Waals surface area (Å²) in [5.74, 6) is 0.574. The van der Waals surface area contributed by atoms with Crippen LogP contribution in [0.15, 0.2) is 101 Å². The first-order valence-corrected chi connectivity index (χ1v) is 23.8. The number of hydrogen-bond acceptors (Lipinski definition) is 10. The summed E-state index contributed by atoms with van der Waals surface area (Å²) in [6.07, 6.45) is -4.03. The lowest BCUT2D eigenvalue weighted by Crippen LogP contribution is -2.47. The Labute approximate surface area is 425 Å². The van der Waals surface area contributed by atoms with Gasteiger partial charge in [-0.15, -0.1) is 11.6 Å². The molecule has 1 aliphatic heterocycles. The number of methoxy groups -OCH3 is 2. The highest BCUT2D eigenvalue weighted by molar-refractivity contribution is 6.54. The molecule has 20 heteroatoms. The van der Waals surface area contributed by atoms with Gasteiger partial charge in [0.1, 0.15) is 42.0 Å². The Morgan fingerprint density at radius 1 is 0.901 bits per heavy atom. The Morgan fingerprint density at radius 3 is 2.17 bits per heavy atom. The Balaban J connectivity index is 0.000000261. The number of hydrogen-bond donors (Lipinski definition) is 0. The molecule has 0 saturated carbocycles. The summed E-state index contributed by atoms with van der Waals surface area (Å²) in [5, 5.41) is 0. The molecule has 0 bridgehead atoms. The summed E-state index contributed by atoms with van der Waals surface area (Å²) in [4.78, 5) is 62.9. The molecule has 0 spiro atoms. The lowest BCUT2D eigenvalue weighted by molar-refractivity contribution is -0.148. The van der Waals surface area contributed by atoms with Crippen molar-refractivity contribution in [3.63, 3.8) is 0 Å². The van der Waals surface area contributed by atoms with E-state index >= 15 is 0 Å². The van der Waals surface area contributed by atoms with Crippen LogP contribution in [0.5, 0.6) is 17.2 Å². The van der Waals surface area contributed by atoms with E-state index in [1.54, 1.807) is 23.8 Å². The van der Waals surface area contributed by atoms with E-state index in [2.05, 4.69) is 13.0 Å². The van der Waals surface area contributed by atoms with Gasteiger partial charge < -0.3 is 33.5 Å². The normalized spacial score (nSPS) is 13.8. The van der Waals surface area contributed by atoms with Gasteiger partial charge in [0.05, 0.1) is 42.9 Å². The van der Waals surface area contributed by atoms with Crippen LogP contribution in [0.2, 0.25) is 0 Å². The van der Waals surface area contributed by atoms with E-state index in [0.29, 0.717) is 51.2 Å². The summed E-state index contributed by atoms with van der Waals surface area (Å²) >= 11 is 17.0. The Kier molecular flexibility index (Phi) is 21.4. The zero-order chi connectivity index (χ0) is 52.7. The van der Waals surface area contributed by atoms with Crippen LogP contribution in [0.25, 0.3) is 5.69 Å². The second kappa shape index (κ2) is 26.4. The molecule has 2 amide bonds. The van der Waals surface area contributed by atoms with Gasteiger partial charge in [-0.2, -0.15) is 13.2 Å². The molecule has 14 nitrogen and oxygen atoms in total. The zero-order valence-electron chi connectivity index (χ0n) is 40.9. The van der Waals surface area contributed by atoms with Gasteiger partial charge in [0.2, 0.25) is 5.91 Å². The molecular weight excluding hydrogens is 992 g/mol. The van der Waals surface area contributed by atoms with E-state index in [-0.39, 0.29) is 42.1 Å². The van der Waals surface area contributed by atoms with Crippen LogP contribution < -0.4 is 35.3 Å². The molecule has 3 unspecified atom stereocenters. The second-order valence-electron chi connectivity index (χ2n) is 16.2. The lowest BCUT2D eigenvalue weighted by atomic mass is 10.0. The van der Waals surface area contributed by atoms with Crippen molar-refractivity contribution in [1.29, 1.82) is 0 Å². The molecule has 0 N–H and O–H groups in total. The summed E-state index contributed by atoms with van der Waals surface area (Å²) < 4.78 is 67.2. The van der Waals surface area contributed by atoms with Crippen LogP contribution in [0.3, 0.4) is 0 Å². The van der Waals surface area contributed by atoms with Crippen molar-refractivity contribution in [2.45, 2.75) is 90.2 Å². The van der Waals surface area contributed by atoms with Crippen molar-refractivity contribution in [2.75, 3.05) is 43.1 Å². The molecule has 0 radical (unpaired) electrons. The topological polar surface area (TPSA) is 148 Å². The largest absolute Gasteiger partial charge is 0.489 e. The van der Waals surface area contributed by atoms with Crippen molar-refractivity contribution in [3.05, 3.63) is 140 Å². The Hall–Kier alpha value is -6.01. The van der Waals surface area contributed by atoms with Gasteiger partial charge in [-0.3, -0.25) is 19.0 Å². The number of nitrogens with zero attached hydrogens (tertiary/aromatic N) is 4. The van der Waals surface area contributed by atoms with Crippen molar-refractivity contribution >= 4 is 64.0 Å². The van der Waals surface area contributed by atoms with Gasteiger partial charge in [-0.25, -0.2) is 14.2 Å². The Morgan fingerprint density at radius 2 is 1.58 bits per heavy atom. The fourth-order valence-corrected chi connectivity index (χ4v) is 7.84. The first kappa shape index (κ1) is 57.6. The van der Waals surface area contributed by atoms with Crippen LogP contribution in [0.4, 0.5) is 24.5 Å². The molecule has 71 heavy (non-hydrogen) atoms. The van der Waals surface area contributed by atoms with Crippen molar-refractivity contribution in [3.8, 4) is 22.9 Å². The maximum atomic E-state index is 13.1. The number of halogens is 6. The van der Waals surface area contributed by atoms with Crippen LogP contribution >= 0.6 is 34.8 Å². The van der Waals surface area contributed by atoms with Gasteiger partial charge in [-0.1, -0.05) is 79.5 Å². The molecule has 6 rings (SSSR count). The van der Waals surface area contributed by atoms with Gasteiger partial charge in [0.25, 0.3) is 11.5 Å². The summed E-state index contributed by atoms with van der Waals surface area (Å²) in [6, 6.07) is 25.0. The smallest absolute Gasteiger partial charge is 0.431 e. The number of esters is 1. The predicted octanol–water partition coefficient (Wildman–Crippen LogP) is 9.41. The Bertz CT molecular complexity index is 2730. The molecular formula is C51H58Cl3F3N4O10. The van der Waals surface area contributed by atoms with Crippen molar-refractivity contribution in [2.24, 2.45) is 7.05 Å². The molecule has 5 aromatic rings. The number of anilines is 2. The zero-order valence-corrected chi connectivity index (χ0v) is 43.1. The number of ether oxygens (including phenoxy) is 5. The van der Waals surface area contributed by atoms with Crippen molar-refractivity contribution in [1.82, 2.24) is 9.13 Å². The molecule has 3 atom stereocenters. The average molecular weight is 1050 g/mol. The molecule has 384 valence electrons. The average Bonchev–Trinajstić information content (AvgIpc) is 3.35. The molecule has 2 heterocycles. The highest BCUT2D eigenvalue weighted by atomic mass is 35.5. The van der Waals surface area contributed by atoms with E-state index < -0.39 is 40.0 Å². The molecule has 1 aliphatic rings. The third kappa shape index (κ3) is 14.8. The number of aromatic nitrogens is 2. The number of alkyl halides is 6. The predicted molar refractivity (Wildman–Crippen MR) is 269 cm³/mol. The number of benzene rings is 4. The van der Waals surface area contributed by atoms with Gasteiger partial charge in [0.15, 0.2) is 10.9 Å². The second-order valence-corrected chi connectivity index (χ2v) is 17.5. The first-order chi connectivity index (χ1) is 33.6. The minimum atomic E-state index is -4.84. The first-order valence-electron chi connectivity index (χ1n) is 22.4. The van der Waals surface area contributed by atoms with Crippen LogP contribution in [0.1, 0.15) is 62.6 Å². The highest BCUT2D eigenvalue weighted by Gasteiger charge is 2.35. The number of carbonyl (C=O) groups is 3. The fraction of sp³-hybridized carbons (Fsp3) is 0.392. The van der Waals surface area contributed by atoms with E-state index in [1.165, 1.54) is 31.4 Å². The minimum absolute atomic E-state index is 0.0223. The van der Waals surface area contributed by atoms with E-state index in [9.17, 15) is 37.1 Å². The van der Waals surface area contributed by atoms with Gasteiger partial charge in [0, 0.05) is 25.8 Å². The SMILES string of the molecule is CC1COc2ccccc2N1C(=O)C(Cl)Cl.CCc1ccc(COc2ccc(-n3c(=O)cc(C(F)(F)F)n(C)c3=O)cc2)c(OC(C)C(=O)OC)c1.CCc1cccc(C)c1N(C(=O)CCl)C(C)COC. The van der Waals surface area contributed by atoms with E-state index in [1.807, 2.05) is 82.3 Å². The summed E-state index contributed by atoms with van der Waals surface area (Å²) in [5.41, 5.74) is 2.13. The fourth-order valence-electron chi connectivity index (χ4n) is 7.50. The molecule has 0 saturated heterocycles. The number of aryl methyl sites for hydroxylation is 3. The monoisotopic (exact) mass is 1050 g/mol. The number of carbonyl (C=O) groups excluding carboxylic acids is 3. The third-order valence-electron chi connectivity index (χ3n) is 11.1. The summed E-state index contributed by atoms with van der Waals surface area (Å²) in [7, 11) is 3.86. The van der Waals surface area contributed by atoms with E-state index in [4.69, 9.17) is 58.5 Å². The van der Waals surface area contributed by atoms with E-state index in [0.717, 1.165) is 48.0 Å². The molecule has 0 fully saturated rings. The van der Waals surface area contributed by atoms with Crippen LogP contribution in [-0.2, 0) is 56.5 Å². The lowest BCUT2D eigenvalue weighted by Gasteiger charge is -2.35. The molecule has 0 aliphatic carbocycles. The maximum Gasteiger partial charge on any atom is 0.431 e. The third-order valence-corrected chi connectivity index (χ3v) is 11.7.